The number of fused-ring (bicyclic) bond motifs is 1. The predicted octanol–water partition coefficient (Wildman–Crippen LogP) is 4.85. The van der Waals surface area contributed by atoms with Gasteiger partial charge in [0.15, 0.2) is 0 Å². The zero-order valence-electron chi connectivity index (χ0n) is 20.5. The molecule has 0 amide bonds. The summed E-state index contributed by atoms with van der Waals surface area (Å²) in [5, 5.41) is 14.0. The second-order valence-electron chi connectivity index (χ2n) is 9.58. The third-order valence-corrected chi connectivity index (χ3v) is 9.11. The molecule has 0 bridgehead atoms. The average molecular weight is 497 g/mol. The summed E-state index contributed by atoms with van der Waals surface area (Å²) >= 11 is 0. The molecule has 1 aromatic heterocycles. The van der Waals surface area contributed by atoms with Crippen LogP contribution in [0.1, 0.15) is 59.9 Å². The number of hydrogen-bond acceptors (Lipinski definition) is 6. The molecule has 1 fully saturated rings. The molecule has 2 heterocycles. The summed E-state index contributed by atoms with van der Waals surface area (Å²) in [7, 11) is -3.83. The maximum absolute atomic E-state index is 14.0. The molecular weight excluding hydrogens is 464 g/mol. The molecule has 1 aliphatic heterocycles. The van der Waals surface area contributed by atoms with E-state index in [2.05, 4.69) is 18.1 Å². The quantitative estimate of drug-likeness (QED) is 0.479. The van der Waals surface area contributed by atoms with Crippen molar-refractivity contribution < 1.29 is 22.8 Å². The molecular formula is C27H32N2O5S. The molecule has 0 radical (unpaired) electrons. The highest BCUT2D eigenvalue weighted by Gasteiger charge is 2.43. The smallest absolute Gasteiger partial charge is 0.264 e. The van der Waals surface area contributed by atoms with Crippen LogP contribution in [0.15, 0.2) is 45.8 Å². The fourth-order valence-corrected chi connectivity index (χ4v) is 6.87. The number of sulfonamides is 1. The van der Waals surface area contributed by atoms with Crippen LogP contribution in [0.4, 0.5) is 5.69 Å². The first-order valence-electron chi connectivity index (χ1n) is 12.3. The Labute approximate surface area is 206 Å². The van der Waals surface area contributed by atoms with Crippen LogP contribution < -0.4 is 9.04 Å². The van der Waals surface area contributed by atoms with Crippen molar-refractivity contribution in [2.45, 2.75) is 77.0 Å². The summed E-state index contributed by atoms with van der Waals surface area (Å²) in [5.41, 5.74) is 5.11. The van der Waals surface area contributed by atoms with E-state index in [0.717, 1.165) is 54.6 Å². The van der Waals surface area contributed by atoms with E-state index < -0.39 is 10.0 Å². The molecule has 0 spiro atoms. The minimum Gasteiger partial charge on any atom is -0.488 e. The Morgan fingerprint density at radius 2 is 1.94 bits per heavy atom. The summed E-state index contributed by atoms with van der Waals surface area (Å²) in [6.45, 7) is 5.66. The van der Waals surface area contributed by atoms with Crippen LogP contribution in [0.25, 0.3) is 0 Å². The standard InChI is InChI=1S/C27H32N2O5S/c1-4-19-5-10-26-21(13-19)8-11-25(20-6-7-20)29(26)35(31,32)23-9-12-27(22(14-23)15-30)33-16-24-17(2)28-34-18(24)3/h5,9-10,12-14,20,25,30H,4,6-8,11,15-16H2,1-3H3. The van der Waals surface area contributed by atoms with E-state index in [-0.39, 0.29) is 24.2 Å². The van der Waals surface area contributed by atoms with Crippen molar-refractivity contribution in [3.63, 3.8) is 0 Å². The molecule has 8 heteroatoms. The first kappa shape index (κ1) is 23.9. The van der Waals surface area contributed by atoms with Crippen molar-refractivity contribution >= 4 is 15.7 Å². The molecule has 1 aliphatic carbocycles. The number of nitrogens with zero attached hydrogens (tertiary/aromatic N) is 2. The Morgan fingerprint density at radius 1 is 1.14 bits per heavy atom. The van der Waals surface area contributed by atoms with Crippen molar-refractivity contribution in [3.8, 4) is 5.75 Å². The van der Waals surface area contributed by atoms with Gasteiger partial charge in [0.05, 0.1) is 28.4 Å². The highest BCUT2D eigenvalue weighted by molar-refractivity contribution is 7.92. The van der Waals surface area contributed by atoms with Gasteiger partial charge in [-0.15, -0.1) is 0 Å². The first-order valence-corrected chi connectivity index (χ1v) is 13.7. The van der Waals surface area contributed by atoms with Crippen molar-refractivity contribution in [2.24, 2.45) is 5.92 Å². The van der Waals surface area contributed by atoms with E-state index >= 15 is 0 Å². The van der Waals surface area contributed by atoms with E-state index in [4.69, 9.17) is 9.26 Å². The molecule has 35 heavy (non-hydrogen) atoms. The van der Waals surface area contributed by atoms with Crippen molar-refractivity contribution in [1.82, 2.24) is 5.16 Å². The first-order chi connectivity index (χ1) is 16.8. The molecule has 1 saturated carbocycles. The van der Waals surface area contributed by atoms with Gasteiger partial charge < -0.3 is 14.4 Å². The number of anilines is 1. The monoisotopic (exact) mass is 496 g/mol. The number of aliphatic hydroxyl groups is 1. The van der Waals surface area contributed by atoms with E-state index in [1.54, 1.807) is 16.4 Å². The summed E-state index contributed by atoms with van der Waals surface area (Å²) in [5.74, 6) is 1.52. The van der Waals surface area contributed by atoms with E-state index in [0.29, 0.717) is 23.0 Å². The number of aromatic nitrogens is 1. The van der Waals surface area contributed by atoms with Gasteiger partial charge in [-0.1, -0.05) is 24.2 Å². The number of benzene rings is 2. The Balaban J connectivity index is 1.48. The summed E-state index contributed by atoms with van der Waals surface area (Å²) in [6.07, 6.45) is 4.77. The number of aryl methyl sites for hydroxylation is 4. The molecule has 186 valence electrons. The summed E-state index contributed by atoms with van der Waals surface area (Å²) in [4.78, 5) is 0.171. The lowest BCUT2D eigenvalue weighted by Crippen LogP contribution is -2.45. The molecule has 1 N–H and O–H groups in total. The fraction of sp³-hybridized carbons (Fsp3) is 0.444. The van der Waals surface area contributed by atoms with E-state index in [1.807, 2.05) is 26.0 Å². The number of rotatable bonds is 8. The van der Waals surface area contributed by atoms with Crippen molar-refractivity contribution in [2.75, 3.05) is 4.31 Å². The molecule has 2 aromatic carbocycles. The van der Waals surface area contributed by atoms with E-state index in [9.17, 15) is 13.5 Å². The van der Waals surface area contributed by atoms with Crippen LogP contribution in [0.2, 0.25) is 0 Å². The minimum atomic E-state index is -3.83. The van der Waals surface area contributed by atoms with Gasteiger partial charge in [0.25, 0.3) is 10.0 Å². The number of ether oxygens (including phenoxy) is 1. The van der Waals surface area contributed by atoms with Crippen LogP contribution in [-0.2, 0) is 36.1 Å². The average Bonchev–Trinajstić information content (AvgIpc) is 3.66. The van der Waals surface area contributed by atoms with Gasteiger partial charge in [-0.05, 0) is 87.3 Å². The van der Waals surface area contributed by atoms with Crippen LogP contribution >= 0.6 is 0 Å². The SMILES string of the molecule is CCc1ccc2c(c1)CCC(C1CC1)N2S(=O)(=O)c1ccc(OCc2c(C)noc2C)c(CO)c1. The van der Waals surface area contributed by atoms with Crippen LogP contribution in [0.3, 0.4) is 0 Å². The maximum Gasteiger partial charge on any atom is 0.264 e. The second-order valence-corrected chi connectivity index (χ2v) is 11.4. The highest BCUT2D eigenvalue weighted by atomic mass is 32.2. The third-order valence-electron chi connectivity index (χ3n) is 7.28. The third kappa shape index (κ3) is 4.45. The largest absolute Gasteiger partial charge is 0.488 e. The zero-order valence-corrected chi connectivity index (χ0v) is 21.3. The molecule has 1 unspecified atom stereocenters. The van der Waals surface area contributed by atoms with Gasteiger partial charge in [-0.2, -0.15) is 0 Å². The Kier molecular flexibility index (Phi) is 6.36. The lowest BCUT2D eigenvalue weighted by Gasteiger charge is -2.38. The molecule has 0 saturated heterocycles. The Bertz CT molecular complexity index is 1320. The van der Waals surface area contributed by atoms with Gasteiger partial charge in [0, 0.05) is 11.6 Å². The Hall–Kier alpha value is -2.84. The van der Waals surface area contributed by atoms with Gasteiger partial charge in [-0.3, -0.25) is 4.31 Å². The van der Waals surface area contributed by atoms with Gasteiger partial charge in [0.1, 0.15) is 18.1 Å². The van der Waals surface area contributed by atoms with Gasteiger partial charge >= 0.3 is 0 Å². The maximum atomic E-state index is 14.0. The van der Waals surface area contributed by atoms with Crippen molar-refractivity contribution in [1.29, 1.82) is 0 Å². The molecule has 3 aromatic rings. The van der Waals surface area contributed by atoms with Crippen LogP contribution in [-0.4, -0.2) is 24.7 Å². The van der Waals surface area contributed by atoms with Crippen LogP contribution in [0, 0.1) is 19.8 Å². The second kappa shape index (κ2) is 9.32. The highest BCUT2D eigenvalue weighted by Crippen LogP contribution is 2.45. The van der Waals surface area contributed by atoms with Gasteiger partial charge in [0.2, 0.25) is 0 Å². The number of aliphatic hydroxyl groups excluding tert-OH is 1. The number of hydrogen-bond donors (Lipinski definition) is 1. The minimum absolute atomic E-state index is 0.0342. The lowest BCUT2D eigenvalue weighted by atomic mass is 9.93. The zero-order chi connectivity index (χ0) is 24.7. The Morgan fingerprint density at radius 3 is 2.60 bits per heavy atom. The molecule has 7 nitrogen and oxygen atoms in total. The molecule has 5 rings (SSSR count). The van der Waals surface area contributed by atoms with E-state index in [1.165, 1.54) is 11.6 Å². The van der Waals surface area contributed by atoms with Crippen LogP contribution in [0.5, 0.6) is 5.75 Å². The van der Waals surface area contributed by atoms with Crippen molar-refractivity contribution in [3.05, 3.63) is 70.1 Å². The predicted molar refractivity (Wildman–Crippen MR) is 133 cm³/mol. The fourth-order valence-electron chi connectivity index (χ4n) is 5.04. The molecule has 2 aliphatic rings. The topological polar surface area (TPSA) is 92.9 Å². The summed E-state index contributed by atoms with van der Waals surface area (Å²) in [6, 6.07) is 10.9. The summed E-state index contributed by atoms with van der Waals surface area (Å²) < 4.78 is 40.9. The van der Waals surface area contributed by atoms with Gasteiger partial charge in [-0.25, -0.2) is 8.42 Å². The normalized spacial score (nSPS) is 17.9. The lowest BCUT2D eigenvalue weighted by molar-refractivity contribution is 0.257. The molecule has 1 atom stereocenters.